The van der Waals surface area contributed by atoms with Crippen molar-refractivity contribution in [1.29, 1.82) is 0 Å². The van der Waals surface area contributed by atoms with Crippen molar-refractivity contribution in [2.75, 3.05) is 6.54 Å². The molecule has 20 heavy (non-hydrogen) atoms. The summed E-state index contributed by atoms with van der Waals surface area (Å²) in [6.07, 6.45) is 1.16. The second-order valence-corrected chi connectivity index (χ2v) is 4.43. The Morgan fingerprint density at radius 1 is 1.35 bits per heavy atom. The Hall–Kier alpha value is -1.95. The van der Waals surface area contributed by atoms with Crippen molar-refractivity contribution in [2.45, 2.75) is 32.4 Å². The summed E-state index contributed by atoms with van der Waals surface area (Å²) in [7, 11) is 0. The van der Waals surface area contributed by atoms with E-state index in [1.165, 1.54) is 6.07 Å². The van der Waals surface area contributed by atoms with E-state index in [4.69, 9.17) is 5.11 Å². The molecule has 1 rings (SSSR count). The number of carbonyl (C=O) groups is 2. The van der Waals surface area contributed by atoms with E-state index in [1.54, 1.807) is 18.2 Å². The Balaban J connectivity index is 2.37. The first kappa shape index (κ1) is 16.1. The molecule has 0 radical (unpaired) electrons. The summed E-state index contributed by atoms with van der Waals surface area (Å²) in [5.41, 5.74) is 0.393. The van der Waals surface area contributed by atoms with Gasteiger partial charge in [0.2, 0.25) is 5.91 Å². The summed E-state index contributed by atoms with van der Waals surface area (Å²) in [4.78, 5) is 22.5. The maximum atomic E-state index is 13.3. The summed E-state index contributed by atoms with van der Waals surface area (Å²) < 4.78 is 13.3. The highest BCUT2D eigenvalue weighted by Gasteiger charge is 2.16. The van der Waals surface area contributed by atoms with Crippen LogP contribution in [0.2, 0.25) is 0 Å². The summed E-state index contributed by atoms with van der Waals surface area (Å²) >= 11 is 0. The van der Waals surface area contributed by atoms with Gasteiger partial charge in [0.05, 0.1) is 6.54 Å². The average molecular weight is 282 g/mol. The third-order valence-electron chi connectivity index (χ3n) is 2.82. The predicted octanol–water partition coefficient (Wildman–Crippen LogP) is 1.28. The van der Waals surface area contributed by atoms with Crippen LogP contribution in [0.4, 0.5) is 4.39 Å². The van der Waals surface area contributed by atoms with E-state index >= 15 is 0 Å². The molecule has 5 nitrogen and oxygen atoms in total. The SMILES string of the molecule is CCCC(NCC(=O)NCc1ccccc1F)C(=O)O. The molecular formula is C14H19FN2O3. The maximum Gasteiger partial charge on any atom is 0.320 e. The summed E-state index contributed by atoms with van der Waals surface area (Å²) in [6.45, 7) is 1.85. The minimum absolute atomic E-state index is 0.0820. The van der Waals surface area contributed by atoms with Gasteiger partial charge < -0.3 is 10.4 Å². The first-order valence-electron chi connectivity index (χ1n) is 6.51. The van der Waals surface area contributed by atoms with Crippen LogP contribution in [0.3, 0.4) is 0 Å². The maximum absolute atomic E-state index is 13.3. The molecule has 0 saturated carbocycles. The normalized spacial score (nSPS) is 11.9. The lowest BCUT2D eigenvalue weighted by Gasteiger charge is -2.13. The highest BCUT2D eigenvalue weighted by Crippen LogP contribution is 2.05. The molecule has 1 unspecified atom stereocenters. The fraction of sp³-hybridized carbons (Fsp3) is 0.429. The number of hydrogen-bond acceptors (Lipinski definition) is 3. The van der Waals surface area contributed by atoms with Crippen molar-refractivity contribution in [3.8, 4) is 0 Å². The number of nitrogens with one attached hydrogen (secondary N) is 2. The van der Waals surface area contributed by atoms with E-state index in [0.717, 1.165) is 0 Å². The first-order chi connectivity index (χ1) is 9.54. The molecule has 1 atom stereocenters. The Morgan fingerprint density at radius 3 is 2.65 bits per heavy atom. The van der Waals surface area contributed by atoms with E-state index in [-0.39, 0.29) is 24.8 Å². The first-order valence-corrected chi connectivity index (χ1v) is 6.51. The number of halogens is 1. The fourth-order valence-electron chi connectivity index (χ4n) is 1.72. The van der Waals surface area contributed by atoms with Crippen LogP contribution in [0.15, 0.2) is 24.3 Å². The lowest BCUT2D eigenvalue weighted by atomic mass is 10.1. The van der Waals surface area contributed by atoms with Gasteiger partial charge in [-0.15, -0.1) is 0 Å². The van der Waals surface area contributed by atoms with Crippen molar-refractivity contribution in [2.24, 2.45) is 0 Å². The van der Waals surface area contributed by atoms with Crippen LogP contribution in [-0.2, 0) is 16.1 Å². The smallest absolute Gasteiger partial charge is 0.320 e. The van der Waals surface area contributed by atoms with Crippen molar-refractivity contribution >= 4 is 11.9 Å². The van der Waals surface area contributed by atoms with Crippen LogP contribution in [0.1, 0.15) is 25.3 Å². The molecule has 1 amide bonds. The Labute approximate surface area is 117 Å². The van der Waals surface area contributed by atoms with Crippen molar-refractivity contribution in [3.05, 3.63) is 35.6 Å². The van der Waals surface area contributed by atoms with Crippen LogP contribution in [0, 0.1) is 5.82 Å². The van der Waals surface area contributed by atoms with E-state index in [1.807, 2.05) is 6.92 Å². The molecular weight excluding hydrogens is 263 g/mol. The number of carboxylic acids is 1. The number of carbonyl (C=O) groups excluding carboxylic acids is 1. The lowest BCUT2D eigenvalue weighted by molar-refractivity contribution is -0.139. The minimum Gasteiger partial charge on any atom is -0.480 e. The molecule has 0 saturated heterocycles. The Kier molecular flexibility index (Phi) is 6.66. The molecule has 0 aliphatic rings. The number of aliphatic carboxylic acids is 1. The molecule has 0 bridgehead atoms. The Bertz CT molecular complexity index is 465. The van der Waals surface area contributed by atoms with E-state index in [2.05, 4.69) is 10.6 Å². The number of amides is 1. The van der Waals surface area contributed by atoms with Gasteiger partial charge in [-0.3, -0.25) is 14.9 Å². The number of hydrogen-bond donors (Lipinski definition) is 3. The predicted molar refractivity (Wildman–Crippen MR) is 72.6 cm³/mol. The zero-order valence-corrected chi connectivity index (χ0v) is 11.4. The molecule has 0 aromatic heterocycles. The van der Waals surface area contributed by atoms with E-state index < -0.39 is 12.0 Å². The van der Waals surface area contributed by atoms with Gasteiger partial charge in [0.25, 0.3) is 0 Å². The summed E-state index contributed by atoms with van der Waals surface area (Å²) in [6, 6.07) is 5.43. The number of benzene rings is 1. The largest absolute Gasteiger partial charge is 0.480 e. The van der Waals surface area contributed by atoms with Crippen molar-refractivity contribution < 1.29 is 19.1 Å². The molecule has 1 aromatic rings. The zero-order valence-electron chi connectivity index (χ0n) is 11.4. The van der Waals surface area contributed by atoms with Crippen LogP contribution < -0.4 is 10.6 Å². The van der Waals surface area contributed by atoms with E-state index in [9.17, 15) is 14.0 Å². The zero-order chi connectivity index (χ0) is 15.0. The van der Waals surface area contributed by atoms with Gasteiger partial charge in [-0.05, 0) is 12.5 Å². The van der Waals surface area contributed by atoms with Gasteiger partial charge in [0.15, 0.2) is 0 Å². The molecule has 3 N–H and O–H groups in total. The molecule has 1 aromatic carbocycles. The molecule has 0 fully saturated rings. The molecule has 6 heteroatoms. The van der Waals surface area contributed by atoms with Crippen LogP contribution in [0.25, 0.3) is 0 Å². The third kappa shape index (κ3) is 5.36. The van der Waals surface area contributed by atoms with Gasteiger partial charge in [-0.2, -0.15) is 0 Å². The molecule has 0 spiro atoms. The summed E-state index contributed by atoms with van der Waals surface area (Å²) in [5.74, 6) is -1.72. The average Bonchev–Trinajstić information content (AvgIpc) is 2.42. The van der Waals surface area contributed by atoms with Crippen LogP contribution in [0.5, 0.6) is 0 Å². The fourth-order valence-corrected chi connectivity index (χ4v) is 1.72. The van der Waals surface area contributed by atoms with Gasteiger partial charge >= 0.3 is 5.97 Å². The minimum atomic E-state index is -0.978. The second kappa shape index (κ2) is 8.27. The molecule has 0 heterocycles. The van der Waals surface area contributed by atoms with Gasteiger partial charge in [0.1, 0.15) is 11.9 Å². The van der Waals surface area contributed by atoms with Crippen molar-refractivity contribution in [1.82, 2.24) is 10.6 Å². The van der Waals surface area contributed by atoms with Gasteiger partial charge in [0, 0.05) is 12.1 Å². The highest BCUT2D eigenvalue weighted by atomic mass is 19.1. The summed E-state index contributed by atoms with van der Waals surface area (Å²) in [5, 5.41) is 14.1. The Morgan fingerprint density at radius 2 is 2.05 bits per heavy atom. The number of carboxylic acid groups (broad SMARTS) is 1. The van der Waals surface area contributed by atoms with Crippen LogP contribution >= 0.6 is 0 Å². The highest BCUT2D eigenvalue weighted by molar-refractivity contribution is 5.79. The lowest BCUT2D eigenvalue weighted by Crippen LogP contribution is -2.42. The van der Waals surface area contributed by atoms with Crippen molar-refractivity contribution in [3.63, 3.8) is 0 Å². The number of rotatable bonds is 8. The third-order valence-corrected chi connectivity index (χ3v) is 2.82. The molecule has 0 aliphatic heterocycles. The molecule has 0 aliphatic carbocycles. The van der Waals surface area contributed by atoms with Crippen LogP contribution in [-0.4, -0.2) is 29.6 Å². The second-order valence-electron chi connectivity index (χ2n) is 4.43. The monoisotopic (exact) mass is 282 g/mol. The van der Waals surface area contributed by atoms with E-state index in [0.29, 0.717) is 18.4 Å². The van der Waals surface area contributed by atoms with Gasteiger partial charge in [-0.25, -0.2) is 4.39 Å². The quantitative estimate of drug-likeness (QED) is 0.671. The molecule has 110 valence electrons. The standard InChI is InChI=1S/C14H19FN2O3/c1-2-5-12(14(19)20)16-9-13(18)17-8-10-6-3-4-7-11(10)15/h3-4,6-7,12,16H,2,5,8-9H2,1H3,(H,17,18)(H,19,20). The topological polar surface area (TPSA) is 78.4 Å². The van der Waals surface area contributed by atoms with Gasteiger partial charge in [-0.1, -0.05) is 31.5 Å².